The Balaban J connectivity index is 2.26. The van der Waals surface area contributed by atoms with Crippen molar-refractivity contribution in [1.82, 2.24) is 13.9 Å². The molecule has 2 heterocycles. The van der Waals surface area contributed by atoms with Gasteiger partial charge in [-0.3, -0.25) is 0 Å². The van der Waals surface area contributed by atoms with Gasteiger partial charge in [-0.05, 0) is 33.6 Å². The van der Waals surface area contributed by atoms with Gasteiger partial charge in [0, 0.05) is 30.9 Å². The highest BCUT2D eigenvalue weighted by atomic mass is 32.2. The second-order valence-corrected chi connectivity index (χ2v) is 7.34. The molecule has 1 aliphatic rings. The number of rotatable bonds is 3. The number of nitrogens with zero attached hydrogens (tertiary/aromatic N) is 3. The minimum Gasteiger partial charge on any atom is -0.334 e. The van der Waals surface area contributed by atoms with Crippen molar-refractivity contribution in [3.63, 3.8) is 0 Å². The topological polar surface area (TPSA) is 81.2 Å². The molecule has 0 saturated carbocycles. The molecule has 0 amide bonds. The van der Waals surface area contributed by atoms with Crippen molar-refractivity contribution < 1.29 is 8.42 Å². The van der Waals surface area contributed by atoms with Crippen LogP contribution in [0.1, 0.15) is 39.7 Å². The van der Waals surface area contributed by atoms with E-state index < -0.39 is 10.0 Å². The Kier molecular flexibility index (Phi) is 3.98. The largest absolute Gasteiger partial charge is 0.334 e. The normalized spacial score (nSPS) is 25.9. The van der Waals surface area contributed by atoms with Crippen LogP contribution in [0.25, 0.3) is 0 Å². The molecule has 0 unspecified atom stereocenters. The third kappa shape index (κ3) is 2.82. The van der Waals surface area contributed by atoms with E-state index in [1.54, 1.807) is 17.1 Å². The smallest absolute Gasteiger partial charge is 0.262 e. The van der Waals surface area contributed by atoms with Crippen molar-refractivity contribution in [3.8, 4) is 0 Å². The molecule has 2 rings (SSSR count). The average Bonchev–Trinajstić information content (AvgIpc) is 2.78. The van der Waals surface area contributed by atoms with Gasteiger partial charge in [0.15, 0.2) is 5.03 Å². The molecule has 1 aromatic rings. The highest BCUT2D eigenvalue weighted by molar-refractivity contribution is 7.89. The zero-order chi connectivity index (χ0) is 14.2. The minimum absolute atomic E-state index is 0.0713. The number of nitrogens with two attached hydrogens (primary N) is 1. The molecule has 1 aliphatic heterocycles. The quantitative estimate of drug-likeness (QED) is 0.897. The van der Waals surface area contributed by atoms with Gasteiger partial charge in [-0.2, -0.15) is 4.31 Å². The summed E-state index contributed by atoms with van der Waals surface area (Å²) >= 11 is 0. The van der Waals surface area contributed by atoms with Gasteiger partial charge in [0.1, 0.15) is 0 Å². The Morgan fingerprint density at radius 2 is 2.16 bits per heavy atom. The summed E-state index contributed by atoms with van der Waals surface area (Å²) in [5.74, 6) is 0. The molecule has 0 radical (unpaired) electrons. The highest BCUT2D eigenvalue weighted by Gasteiger charge is 2.34. The maximum absolute atomic E-state index is 12.5. The van der Waals surface area contributed by atoms with E-state index in [-0.39, 0.29) is 23.2 Å². The molecule has 2 N–H and O–H groups in total. The summed E-state index contributed by atoms with van der Waals surface area (Å²) in [6.07, 6.45) is 4.57. The molecule has 19 heavy (non-hydrogen) atoms. The molecule has 6 nitrogen and oxygen atoms in total. The van der Waals surface area contributed by atoms with Gasteiger partial charge in [-0.15, -0.1) is 0 Å². The molecule has 0 aromatic carbocycles. The molecule has 0 spiro atoms. The fourth-order valence-corrected chi connectivity index (χ4v) is 3.98. The van der Waals surface area contributed by atoms with Crippen molar-refractivity contribution in [1.29, 1.82) is 0 Å². The number of hydrogen-bond acceptors (Lipinski definition) is 4. The Hall–Kier alpha value is -0.920. The Bertz CT molecular complexity index is 538. The van der Waals surface area contributed by atoms with E-state index in [2.05, 4.69) is 4.98 Å². The van der Waals surface area contributed by atoms with E-state index in [0.29, 0.717) is 19.4 Å². The summed E-state index contributed by atoms with van der Waals surface area (Å²) in [5.41, 5.74) is 5.87. The third-order valence-electron chi connectivity index (χ3n) is 3.60. The van der Waals surface area contributed by atoms with Gasteiger partial charge in [0.05, 0.1) is 6.33 Å². The standard InChI is InChI=1S/C12H22N4O2S/c1-9(2)15-7-12(14-8-15)19(17,18)16-5-4-11(13)6-10(16)3/h7-11H,4-6,13H2,1-3H3/t10-,11-/m1/s1. The van der Waals surface area contributed by atoms with Gasteiger partial charge in [0.25, 0.3) is 10.0 Å². The number of piperidine rings is 1. The van der Waals surface area contributed by atoms with Crippen molar-refractivity contribution >= 4 is 10.0 Å². The van der Waals surface area contributed by atoms with Crippen LogP contribution in [0.2, 0.25) is 0 Å². The van der Waals surface area contributed by atoms with Crippen LogP contribution in [-0.2, 0) is 10.0 Å². The van der Waals surface area contributed by atoms with Crippen LogP contribution in [0.3, 0.4) is 0 Å². The predicted octanol–water partition coefficient (Wildman–Crippen LogP) is 0.964. The van der Waals surface area contributed by atoms with Gasteiger partial charge < -0.3 is 10.3 Å². The zero-order valence-electron chi connectivity index (χ0n) is 11.7. The van der Waals surface area contributed by atoms with E-state index in [9.17, 15) is 8.42 Å². The molecule has 1 saturated heterocycles. The Morgan fingerprint density at radius 1 is 1.47 bits per heavy atom. The fraction of sp³-hybridized carbons (Fsp3) is 0.750. The fourth-order valence-electron chi connectivity index (χ4n) is 2.40. The number of sulfonamides is 1. The van der Waals surface area contributed by atoms with Crippen LogP contribution in [0, 0.1) is 0 Å². The van der Waals surface area contributed by atoms with Crippen LogP contribution in [0.5, 0.6) is 0 Å². The van der Waals surface area contributed by atoms with E-state index in [1.807, 2.05) is 20.8 Å². The van der Waals surface area contributed by atoms with Crippen LogP contribution < -0.4 is 5.73 Å². The Labute approximate surface area is 114 Å². The monoisotopic (exact) mass is 286 g/mol. The lowest BCUT2D eigenvalue weighted by Crippen LogP contribution is -2.48. The summed E-state index contributed by atoms with van der Waals surface area (Å²) in [6.45, 7) is 6.34. The summed E-state index contributed by atoms with van der Waals surface area (Å²) in [4.78, 5) is 4.04. The molecule has 1 aromatic heterocycles. The summed E-state index contributed by atoms with van der Waals surface area (Å²) in [6, 6.07) is 0.219. The predicted molar refractivity (Wildman–Crippen MR) is 73.2 cm³/mol. The van der Waals surface area contributed by atoms with Gasteiger partial charge in [0.2, 0.25) is 0 Å². The summed E-state index contributed by atoms with van der Waals surface area (Å²) in [5, 5.41) is 0.128. The van der Waals surface area contributed by atoms with Crippen LogP contribution in [0.4, 0.5) is 0 Å². The molecular formula is C12H22N4O2S. The van der Waals surface area contributed by atoms with Gasteiger partial charge >= 0.3 is 0 Å². The molecule has 108 valence electrons. The van der Waals surface area contributed by atoms with Gasteiger partial charge in [-0.25, -0.2) is 13.4 Å². The van der Waals surface area contributed by atoms with Crippen molar-refractivity contribution in [2.45, 2.75) is 56.8 Å². The molecule has 7 heteroatoms. The summed E-state index contributed by atoms with van der Waals surface area (Å²) in [7, 11) is -3.50. The lowest BCUT2D eigenvalue weighted by Gasteiger charge is -2.34. The van der Waals surface area contributed by atoms with E-state index >= 15 is 0 Å². The lowest BCUT2D eigenvalue weighted by atomic mass is 10.0. The SMILES string of the molecule is CC(C)n1cnc(S(=O)(=O)N2CC[C@@H](N)C[C@H]2C)c1. The van der Waals surface area contributed by atoms with Crippen LogP contribution in [-0.4, -0.2) is 40.9 Å². The molecule has 0 aliphatic carbocycles. The van der Waals surface area contributed by atoms with Crippen LogP contribution >= 0.6 is 0 Å². The second kappa shape index (κ2) is 5.22. The first kappa shape index (κ1) is 14.5. The minimum atomic E-state index is -3.50. The van der Waals surface area contributed by atoms with Crippen molar-refractivity contribution in [2.75, 3.05) is 6.54 Å². The number of aromatic nitrogens is 2. The molecule has 0 bridgehead atoms. The third-order valence-corrected chi connectivity index (χ3v) is 5.50. The van der Waals surface area contributed by atoms with Crippen LogP contribution in [0.15, 0.2) is 17.6 Å². The maximum Gasteiger partial charge on any atom is 0.262 e. The zero-order valence-corrected chi connectivity index (χ0v) is 12.5. The lowest BCUT2D eigenvalue weighted by molar-refractivity contribution is 0.246. The molecule has 2 atom stereocenters. The Morgan fingerprint density at radius 3 is 2.68 bits per heavy atom. The first-order valence-electron chi connectivity index (χ1n) is 6.63. The first-order chi connectivity index (χ1) is 8.82. The summed E-state index contributed by atoms with van der Waals surface area (Å²) < 4.78 is 28.4. The van der Waals surface area contributed by atoms with Crippen molar-refractivity contribution in [3.05, 3.63) is 12.5 Å². The van der Waals surface area contributed by atoms with Gasteiger partial charge in [-0.1, -0.05) is 0 Å². The van der Waals surface area contributed by atoms with Crippen molar-refractivity contribution in [2.24, 2.45) is 5.73 Å². The second-order valence-electron chi connectivity index (χ2n) is 5.50. The maximum atomic E-state index is 12.5. The molecular weight excluding hydrogens is 264 g/mol. The number of hydrogen-bond donors (Lipinski definition) is 1. The van der Waals surface area contributed by atoms with E-state index in [1.165, 1.54) is 4.31 Å². The van der Waals surface area contributed by atoms with E-state index in [0.717, 1.165) is 0 Å². The first-order valence-corrected chi connectivity index (χ1v) is 8.07. The molecule has 1 fully saturated rings. The number of imidazole rings is 1. The van der Waals surface area contributed by atoms with E-state index in [4.69, 9.17) is 5.73 Å². The highest BCUT2D eigenvalue weighted by Crippen LogP contribution is 2.24. The average molecular weight is 286 g/mol.